The van der Waals surface area contributed by atoms with Crippen molar-refractivity contribution in [1.29, 1.82) is 0 Å². The standard InChI is InChI=1S/C13H21N3O4S/c1-4-8(2)12(14)13(17)16-10-7-9(21(15,18)19)5-6-11(10)20-3/h5-8,12H,4,14H2,1-3H3,(H,16,17)(H2,15,18,19). The number of sulfonamides is 1. The van der Waals surface area contributed by atoms with E-state index in [2.05, 4.69) is 5.32 Å². The van der Waals surface area contributed by atoms with Crippen LogP contribution in [0.25, 0.3) is 0 Å². The van der Waals surface area contributed by atoms with Crippen molar-refractivity contribution in [3.63, 3.8) is 0 Å². The smallest absolute Gasteiger partial charge is 0.241 e. The van der Waals surface area contributed by atoms with Crippen molar-refractivity contribution in [2.24, 2.45) is 16.8 Å². The highest BCUT2D eigenvalue weighted by Crippen LogP contribution is 2.27. The second-order valence-corrected chi connectivity index (χ2v) is 6.37. The maximum Gasteiger partial charge on any atom is 0.241 e. The minimum Gasteiger partial charge on any atom is -0.495 e. The van der Waals surface area contributed by atoms with E-state index in [0.717, 1.165) is 6.42 Å². The maximum absolute atomic E-state index is 12.1. The van der Waals surface area contributed by atoms with Crippen molar-refractivity contribution >= 4 is 21.6 Å². The molecule has 1 amide bonds. The molecule has 2 unspecified atom stereocenters. The molecule has 0 spiro atoms. The summed E-state index contributed by atoms with van der Waals surface area (Å²) < 4.78 is 27.8. The van der Waals surface area contributed by atoms with Gasteiger partial charge in [0.15, 0.2) is 0 Å². The number of amides is 1. The Kier molecular flexibility index (Phi) is 5.70. The summed E-state index contributed by atoms with van der Waals surface area (Å²) in [5.74, 6) is -0.0845. The molecule has 0 aliphatic carbocycles. The van der Waals surface area contributed by atoms with Gasteiger partial charge in [-0.25, -0.2) is 13.6 Å². The van der Waals surface area contributed by atoms with Crippen LogP contribution in [0.3, 0.4) is 0 Å². The highest BCUT2D eigenvalue weighted by Gasteiger charge is 2.21. The van der Waals surface area contributed by atoms with E-state index in [4.69, 9.17) is 15.6 Å². The quantitative estimate of drug-likeness (QED) is 0.711. The summed E-state index contributed by atoms with van der Waals surface area (Å²) in [6.07, 6.45) is 0.753. The van der Waals surface area contributed by atoms with Crippen molar-refractivity contribution in [3.8, 4) is 5.75 Å². The van der Waals surface area contributed by atoms with Gasteiger partial charge in [0.2, 0.25) is 15.9 Å². The number of nitrogens with one attached hydrogen (secondary N) is 1. The summed E-state index contributed by atoms with van der Waals surface area (Å²) in [6.45, 7) is 3.79. The molecule has 0 saturated carbocycles. The summed E-state index contributed by atoms with van der Waals surface area (Å²) in [5.41, 5.74) is 6.05. The summed E-state index contributed by atoms with van der Waals surface area (Å²) in [4.78, 5) is 12.0. The second-order valence-electron chi connectivity index (χ2n) is 4.81. The molecule has 0 fully saturated rings. The number of ether oxygens (including phenoxy) is 1. The van der Waals surface area contributed by atoms with Gasteiger partial charge < -0.3 is 15.8 Å². The average Bonchev–Trinajstić information content (AvgIpc) is 2.44. The predicted octanol–water partition coefficient (Wildman–Crippen LogP) is 0.655. The molecule has 2 atom stereocenters. The number of carbonyl (C=O) groups is 1. The van der Waals surface area contributed by atoms with E-state index in [1.807, 2.05) is 13.8 Å². The molecular weight excluding hydrogens is 294 g/mol. The lowest BCUT2D eigenvalue weighted by molar-refractivity contribution is -0.118. The third kappa shape index (κ3) is 4.42. The number of anilines is 1. The lowest BCUT2D eigenvalue weighted by atomic mass is 9.99. The molecule has 0 aliphatic rings. The molecule has 5 N–H and O–H groups in total. The first-order valence-electron chi connectivity index (χ1n) is 6.48. The van der Waals surface area contributed by atoms with Crippen LogP contribution in [0.1, 0.15) is 20.3 Å². The molecule has 118 valence electrons. The second kappa shape index (κ2) is 6.88. The average molecular weight is 315 g/mol. The zero-order valence-electron chi connectivity index (χ0n) is 12.3. The number of nitrogens with two attached hydrogens (primary N) is 2. The van der Waals surface area contributed by atoms with Crippen molar-refractivity contribution in [1.82, 2.24) is 0 Å². The van der Waals surface area contributed by atoms with E-state index in [1.165, 1.54) is 25.3 Å². The zero-order valence-corrected chi connectivity index (χ0v) is 13.1. The van der Waals surface area contributed by atoms with Gasteiger partial charge in [0.25, 0.3) is 0 Å². The third-order valence-electron chi connectivity index (χ3n) is 3.32. The summed E-state index contributed by atoms with van der Waals surface area (Å²) in [6, 6.07) is 3.27. The number of methoxy groups -OCH3 is 1. The number of rotatable bonds is 6. The van der Waals surface area contributed by atoms with Crippen molar-refractivity contribution in [3.05, 3.63) is 18.2 Å². The van der Waals surface area contributed by atoms with Crippen LogP contribution >= 0.6 is 0 Å². The molecule has 8 heteroatoms. The topological polar surface area (TPSA) is 125 Å². The summed E-state index contributed by atoms with van der Waals surface area (Å²) in [5, 5.41) is 7.65. The lowest BCUT2D eigenvalue weighted by Gasteiger charge is -2.19. The van der Waals surface area contributed by atoms with Crippen molar-refractivity contribution < 1.29 is 17.9 Å². The fraction of sp³-hybridized carbons (Fsp3) is 0.462. The van der Waals surface area contributed by atoms with Crippen LogP contribution in [0.2, 0.25) is 0 Å². The number of carbonyl (C=O) groups excluding carboxylic acids is 1. The largest absolute Gasteiger partial charge is 0.495 e. The number of hydrogen-bond acceptors (Lipinski definition) is 5. The van der Waals surface area contributed by atoms with E-state index in [9.17, 15) is 13.2 Å². The Morgan fingerprint density at radius 1 is 1.43 bits per heavy atom. The molecule has 1 aromatic carbocycles. The SMILES string of the molecule is CCC(C)C(N)C(=O)Nc1cc(S(N)(=O)=O)ccc1OC. The molecule has 0 saturated heterocycles. The monoisotopic (exact) mass is 315 g/mol. The highest BCUT2D eigenvalue weighted by atomic mass is 32.2. The Morgan fingerprint density at radius 2 is 2.05 bits per heavy atom. The van der Waals surface area contributed by atoms with Crippen LogP contribution in [0, 0.1) is 5.92 Å². The van der Waals surface area contributed by atoms with E-state index in [-0.39, 0.29) is 16.5 Å². The molecule has 0 radical (unpaired) electrons. The van der Waals surface area contributed by atoms with Gasteiger partial charge in [-0.1, -0.05) is 20.3 Å². The Morgan fingerprint density at radius 3 is 2.52 bits per heavy atom. The first kappa shape index (κ1) is 17.4. The molecule has 0 aromatic heterocycles. The first-order chi connectivity index (χ1) is 9.70. The molecular formula is C13H21N3O4S. The molecule has 1 rings (SSSR count). The number of benzene rings is 1. The fourth-order valence-corrected chi connectivity index (χ4v) is 2.23. The fourth-order valence-electron chi connectivity index (χ4n) is 1.69. The Bertz CT molecular complexity index is 616. The van der Waals surface area contributed by atoms with Crippen LogP contribution < -0.4 is 20.9 Å². The Balaban J connectivity index is 3.09. The highest BCUT2D eigenvalue weighted by molar-refractivity contribution is 7.89. The van der Waals surface area contributed by atoms with Gasteiger partial charge in [0.05, 0.1) is 23.7 Å². The molecule has 0 bridgehead atoms. The van der Waals surface area contributed by atoms with Gasteiger partial charge in [-0.15, -0.1) is 0 Å². The van der Waals surface area contributed by atoms with E-state index in [1.54, 1.807) is 0 Å². The van der Waals surface area contributed by atoms with Gasteiger partial charge >= 0.3 is 0 Å². The normalized spacial score (nSPS) is 14.3. The van der Waals surface area contributed by atoms with Crippen LogP contribution in [0.4, 0.5) is 5.69 Å². The van der Waals surface area contributed by atoms with E-state index < -0.39 is 22.0 Å². The Labute approximate surface area is 124 Å². The predicted molar refractivity (Wildman–Crippen MR) is 80.4 cm³/mol. The Hall–Kier alpha value is -1.64. The summed E-state index contributed by atoms with van der Waals surface area (Å²) >= 11 is 0. The van der Waals surface area contributed by atoms with Crippen LogP contribution in [0.15, 0.2) is 23.1 Å². The van der Waals surface area contributed by atoms with Crippen molar-refractivity contribution in [2.75, 3.05) is 12.4 Å². The molecule has 21 heavy (non-hydrogen) atoms. The minimum absolute atomic E-state index is 0.00239. The van der Waals surface area contributed by atoms with Crippen LogP contribution in [-0.4, -0.2) is 27.5 Å². The number of primary sulfonamides is 1. The van der Waals surface area contributed by atoms with Gasteiger partial charge in [0, 0.05) is 0 Å². The molecule has 0 aliphatic heterocycles. The van der Waals surface area contributed by atoms with Crippen LogP contribution in [0.5, 0.6) is 5.75 Å². The van der Waals surface area contributed by atoms with Gasteiger partial charge in [-0.05, 0) is 24.1 Å². The third-order valence-corrected chi connectivity index (χ3v) is 4.23. The lowest BCUT2D eigenvalue weighted by Crippen LogP contribution is -2.40. The maximum atomic E-state index is 12.1. The molecule has 0 heterocycles. The molecule has 7 nitrogen and oxygen atoms in total. The molecule has 1 aromatic rings. The number of hydrogen-bond donors (Lipinski definition) is 3. The van der Waals surface area contributed by atoms with Gasteiger partial charge in [0.1, 0.15) is 5.75 Å². The first-order valence-corrected chi connectivity index (χ1v) is 8.02. The zero-order chi connectivity index (χ0) is 16.2. The van der Waals surface area contributed by atoms with Gasteiger partial charge in [-0.3, -0.25) is 4.79 Å². The van der Waals surface area contributed by atoms with Gasteiger partial charge in [-0.2, -0.15) is 0 Å². The minimum atomic E-state index is -3.87. The van der Waals surface area contributed by atoms with Crippen LogP contribution in [-0.2, 0) is 14.8 Å². The van der Waals surface area contributed by atoms with E-state index >= 15 is 0 Å². The van der Waals surface area contributed by atoms with Crippen molar-refractivity contribution in [2.45, 2.75) is 31.2 Å². The van der Waals surface area contributed by atoms with E-state index in [0.29, 0.717) is 5.75 Å². The summed E-state index contributed by atoms with van der Waals surface area (Å²) in [7, 11) is -2.45.